The molecule has 1 aliphatic heterocycles. The molecule has 38 heavy (non-hydrogen) atoms. The number of nitrogens with one attached hydrogen (secondary N) is 2. The van der Waals surface area contributed by atoms with Gasteiger partial charge in [-0.2, -0.15) is 0 Å². The number of aryl methyl sites for hydroxylation is 3. The van der Waals surface area contributed by atoms with Gasteiger partial charge < -0.3 is 10.6 Å². The van der Waals surface area contributed by atoms with Crippen LogP contribution in [-0.2, 0) is 6.54 Å². The van der Waals surface area contributed by atoms with Gasteiger partial charge in [0.1, 0.15) is 40.6 Å². The van der Waals surface area contributed by atoms with Crippen LogP contribution in [0.5, 0.6) is 0 Å². The quantitative estimate of drug-likeness (QED) is 0.294. The summed E-state index contributed by atoms with van der Waals surface area (Å²) in [6.45, 7) is 13.7. The largest absolute Gasteiger partial charge is 0.367 e. The van der Waals surface area contributed by atoms with Crippen LogP contribution in [-0.4, -0.2) is 9.97 Å². The van der Waals surface area contributed by atoms with Crippen molar-refractivity contribution >= 4 is 22.9 Å². The van der Waals surface area contributed by atoms with E-state index < -0.39 is 11.6 Å². The summed E-state index contributed by atoms with van der Waals surface area (Å²) >= 11 is 0. The van der Waals surface area contributed by atoms with Crippen molar-refractivity contribution in [3.8, 4) is 11.3 Å². The molecule has 1 aliphatic rings. The number of halogens is 3. The Morgan fingerprint density at radius 1 is 0.921 bits per heavy atom. The van der Waals surface area contributed by atoms with Crippen molar-refractivity contribution in [3.63, 3.8) is 0 Å². The van der Waals surface area contributed by atoms with Crippen molar-refractivity contribution in [2.45, 2.75) is 27.3 Å². The van der Waals surface area contributed by atoms with Crippen LogP contribution in [0, 0.1) is 38.2 Å². The van der Waals surface area contributed by atoms with Gasteiger partial charge in [0.2, 0.25) is 0 Å². The summed E-state index contributed by atoms with van der Waals surface area (Å²) in [6.07, 6.45) is 0. The summed E-state index contributed by atoms with van der Waals surface area (Å²) in [5.74, 6) is -0.661. The SMILES string of the molecule is C=C(Nc1ccc(C)c(-c2nc(C)nc3c2CNC(=C)N3c2c(F)cccc2F)c1)c1ccc(C)c(F)c1. The molecule has 2 heterocycles. The fourth-order valence-corrected chi connectivity index (χ4v) is 4.47. The number of fused-ring (bicyclic) bond motifs is 1. The molecule has 5 rings (SSSR count). The zero-order valence-corrected chi connectivity index (χ0v) is 21.3. The number of benzene rings is 3. The maximum atomic E-state index is 14.8. The summed E-state index contributed by atoms with van der Waals surface area (Å²) in [6, 6.07) is 14.4. The molecule has 2 N–H and O–H groups in total. The van der Waals surface area contributed by atoms with E-state index in [9.17, 15) is 13.2 Å². The van der Waals surface area contributed by atoms with E-state index in [-0.39, 0.29) is 11.5 Å². The number of anilines is 3. The number of nitrogens with zero attached hydrogens (tertiary/aromatic N) is 3. The summed E-state index contributed by atoms with van der Waals surface area (Å²) in [4.78, 5) is 10.6. The first-order chi connectivity index (χ1) is 18.1. The number of hydrogen-bond acceptors (Lipinski definition) is 5. The van der Waals surface area contributed by atoms with Crippen molar-refractivity contribution in [1.29, 1.82) is 0 Å². The lowest BCUT2D eigenvalue weighted by Crippen LogP contribution is -2.35. The van der Waals surface area contributed by atoms with Crippen LogP contribution in [0.2, 0.25) is 0 Å². The lowest BCUT2D eigenvalue weighted by atomic mass is 9.98. The molecular formula is C30H26F3N5. The second kappa shape index (κ2) is 9.70. The highest BCUT2D eigenvalue weighted by molar-refractivity contribution is 5.82. The third kappa shape index (κ3) is 4.49. The molecule has 0 fully saturated rings. The van der Waals surface area contributed by atoms with Crippen LogP contribution in [0.3, 0.4) is 0 Å². The fourth-order valence-electron chi connectivity index (χ4n) is 4.47. The Kier molecular flexibility index (Phi) is 6.40. The minimum absolute atomic E-state index is 0.260. The number of para-hydroxylation sites is 1. The maximum absolute atomic E-state index is 14.8. The van der Waals surface area contributed by atoms with Gasteiger partial charge in [0.15, 0.2) is 0 Å². The summed E-state index contributed by atoms with van der Waals surface area (Å²) < 4.78 is 43.7. The normalized spacial score (nSPS) is 12.7. The lowest BCUT2D eigenvalue weighted by Gasteiger charge is -2.34. The van der Waals surface area contributed by atoms with E-state index in [2.05, 4.69) is 28.8 Å². The molecule has 0 aliphatic carbocycles. The molecule has 3 aromatic carbocycles. The van der Waals surface area contributed by atoms with Crippen molar-refractivity contribution < 1.29 is 13.2 Å². The summed E-state index contributed by atoms with van der Waals surface area (Å²) in [5, 5.41) is 6.37. The Morgan fingerprint density at radius 2 is 1.63 bits per heavy atom. The lowest BCUT2D eigenvalue weighted by molar-refractivity contribution is 0.578. The van der Waals surface area contributed by atoms with Crippen LogP contribution in [0.1, 0.15) is 28.1 Å². The predicted octanol–water partition coefficient (Wildman–Crippen LogP) is 7.28. The highest BCUT2D eigenvalue weighted by Crippen LogP contribution is 2.40. The maximum Gasteiger partial charge on any atom is 0.150 e. The Balaban J connectivity index is 1.59. The van der Waals surface area contributed by atoms with Gasteiger partial charge >= 0.3 is 0 Å². The summed E-state index contributed by atoms with van der Waals surface area (Å²) in [5.41, 5.74) is 5.25. The molecule has 0 saturated carbocycles. The van der Waals surface area contributed by atoms with Gasteiger partial charge in [-0.1, -0.05) is 37.4 Å². The Labute approximate surface area is 219 Å². The van der Waals surface area contributed by atoms with Crippen LogP contribution >= 0.6 is 0 Å². The second-order valence-corrected chi connectivity index (χ2v) is 9.22. The molecule has 0 atom stereocenters. The molecule has 0 bridgehead atoms. The Bertz CT molecular complexity index is 1590. The smallest absolute Gasteiger partial charge is 0.150 e. The van der Waals surface area contributed by atoms with Crippen molar-refractivity contribution in [2.24, 2.45) is 0 Å². The van der Waals surface area contributed by atoms with Gasteiger partial charge in [0, 0.05) is 34.6 Å². The van der Waals surface area contributed by atoms with E-state index in [1.165, 1.54) is 29.2 Å². The van der Waals surface area contributed by atoms with E-state index in [0.717, 1.165) is 16.8 Å². The molecule has 4 aromatic rings. The molecular weight excluding hydrogens is 487 g/mol. The van der Waals surface area contributed by atoms with Gasteiger partial charge in [-0.3, -0.25) is 4.90 Å². The summed E-state index contributed by atoms with van der Waals surface area (Å²) in [7, 11) is 0. The monoisotopic (exact) mass is 513 g/mol. The minimum atomic E-state index is -0.730. The first-order valence-corrected chi connectivity index (χ1v) is 12.0. The van der Waals surface area contributed by atoms with Crippen LogP contribution in [0.15, 0.2) is 73.6 Å². The molecule has 1 aromatic heterocycles. The first-order valence-electron chi connectivity index (χ1n) is 12.0. The third-order valence-corrected chi connectivity index (χ3v) is 6.52. The first kappa shape index (κ1) is 25.1. The van der Waals surface area contributed by atoms with E-state index >= 15 is 0 Å². The minimum Gasteiger partial charge on any atom is -0.367 e. The molecule has 0 spiro atoms. The zero-order chi connectivity index (χ0) is 27.1. The third-order valence-electron chi connectivity index (χ3n) is 6.52. The standard InChI is InChI=1S/C30H26F3N5/c1-16-10-12-22(35-18(3)21-11-9-17(2)27(33)13-21)14-23(16)28-24-15-34-20(5)38(30(24)37-19(4)36-28)29-25(31)7-6-8-26(29)32/h6-14,34-35H,3,5,15H2,1-2,4H3. The number of aromatic nitrogens is 2. The highest BCUT2D eigenvalue weighted by Gasteiger charge is 2.30. The van der Waals surface area contributed by atoms with E-state index in [4.69, 9.17) is 4.98 Å². The molecule has 0 unspecified atom stereocenters. The van der Waals surface area contributed by atoms with Crippen LogP contribution in [0.25, 0.3) is 17.0 Å². The number of rotatable bonds is 5. The predicted molar refractivity (Wildman–Crippen MR) is 145 cm³/mol. The molecule has 0 amide bonds. The van der Waals surface area contributed by atoms with Crippen molar-refractivity contribution in [2.75, 3.05) is 10.2 Å². The number of hydrogen-bond donors (Lipinski definition) is 2. The second-order valence-electron chi connectivity index (χ2n) is 9.22. The van der Waals surface area contributed by atoms with Gasteiger partial charge in [-0.15, -0.1) is 0 Å². The average Bonchev–Trinajstić information content (AvgIpc) is 2.87. The van der Waals surface area contributed by atoms with E-state index in [1.807, 2.05) is 31.2 Å². The zero-order valence-electron chi connectivity index (χ0n) is 21.3. The van der Waals surface area contributed by atoms with Crippen molar-refractivity contribution in [3.05, 3.63) is 119 Å². The fraction of sp³-hybridized carbons (Fsp3) is 0.133. The molecule has 0 saturated heterocycles. The van der Waals surface area contributed by atoms with Crippen LogP contribution < -0.4 is 15.5 Å². The topological polar surface area (TPSA) is 53.1 Å². The van der Waals surface area contributed by atoms with E-state index in [1.54, 1.807) is 19.9 Å². The van der Waals surface area contributed by atoms with Crippen molar-refractivity contribution in [1.82, 2.24) is 15.3 Å². The molecule has 5 nitrogen and oxygen atoms in total. The highest BCUT2D eigenvalue weighted by atomic mass is 19.1. The van der Waals surface area contributed by atoms with Gasteiger partial charge in [-0.05, 0) is 62.2 Å². The molecule has 8 heteroatoms. The molecule has 192 valence electrons. The van der Waals surface area contributed by atoms with Crippen LogP contribution in [0.4, 0.5) is 30.4 Å². The average molecular weight is 514 g/mol. The Morgan fingerprint density at radius 3 is 2.34 bits per heavy atom. The molecule has 0 radical (unpaired) electrons. The van der Waals surface area contributed by atoms with Gasteiger partial charge in [0.25, 0.3) is 0 Å². The van der Waals surface area contributed by atoms with E-state index in [0.29, 0.717) is 52.1 Å². The van der Waals surface area contributed by atoms with Gasteiger partial charge in [-0.25, -0.2) is 23.1 Å². The van der Waals surface area contributed by atoms with Gasteiger partial charge in [0.05, 0.1) is 5.69 Å². The Hall–Kier alpha value is -4.59.